The molecule has 0 saturated heterocycles. The lowest BCUT2D eigenvalue weighted by molar-refractivity contribution is 0.415. The number of anilines is 2. The van der Waals surface area contributed by atoms with Gasteiger partial charge in [0.05, 0.1) is 7.11 Å². The predicted molar refractivity (Wildman–Crippen MR) is 93.0 cm³/mol. The van der Waals surface area contributed by atoms with Crippen molar-refractivity contribution < 1.29 is 4.74 Å². The molecule has 0 spiro atoms. The second kappa shape index (κ2) is 6.73. The Kier molecular flexibility index (Phi) is 4.52. The van der Waals surface area contributed by atoms with Gasteiger partial charge in [-0.25, -0.2) is 0 Å². The van der Waals surface area contributed by atoms with Gasteiger partial charge >= 0.3 is 0 Å². The van der Waals surface area contributed by atoms with Gasteiger partial charge in [-0.15, -0.1) is 0 Å². The number of hydrogen-bond donors (Lipinski definition) is 2. The monoisotopic (exact) mass is 296 g/mol. The molecule has 0 bridgehead atoms. The largest absolute Gasteiger partial charge is 0.497 e. The van der Waals surface area contributed by atoms with Crippen molar-refractivity contribution in [3.63, 3.8) is 0 Å². The second-order valence-electron chi connectivity index (χ2n) is 5.77. The van der Waals surface area contributed by atoms with Crippen molar-refractivity contribution in [2.75, 3.05) is 24.8 Å². The van der Waals surface area contributed by atoms with Gasteiger partial charge in [0, 0.05) is 25.0 Å². The van der Waals surface area contributed by atoms with Crippen LogP contribution in [0.4, 0.5) is 11.4 Å². The lowest BCUT2D eigenvalue weighted by Gasteiger charge is -2.23. The number of benzene rings is 2. The fourth-order valence-electron chi connectivity index (χ4n) is 3.25. The third kappa shape index (κ3) is 3.03. The summed E-state index contributed by atoms with van der Waals surface area (Å²) in [6.45, 7) is 0.874. The van der Waals surface area contributed by atoms with Gasteiger partial charge in [0.15, 0.2) is 0 Å². The first-order valence-corrected chi connectivity index (χ1v) is 8.01. The topological polar surface area (TPSA) is 33.3 Å². The molecule has 0 atom stereocenters. The zero-order valence-electron chi connectivity index (χ0n) is 13.4. The molecule has 0 heterocycles. The molecule has 3 nitrogen and oxygen atoms in total. The van der Waals surface area contributed by atoms with E-state index >= 15 is 0 Å². The molecular weight excluding hydrogens is 272 g/mol. The third-order valence-corrected chi connectivity index (χ3v) is 4.47. The van der Waals surface area contributed by atoms with Crippen LogP contribution in [0.5, 0.6) is 5.75 Å². The number of rotatable bonds is 5. The molecule has 2 aromatic carbocycles. The lowest BCUT2D eigenvalue weighted by atomic mass is 9.87. The molecule has 0 aromatic heterocycles. The van der Waals surface area contributed by atoms with Crippen LogP contribution in [0.3, 0.4) is 0 Å². The summed E-state index contributed by atoms with van der Waals surface area (Å²) in [4.78, 5) is 0. The van der Waals surface area contributed by atoms with Gasteiger partial charge in [-0.05, 0) is 72.7 Å². The highest BCUT2D eigenvalue weighted by Gasteiger charge is 2.16. The van der Waals surface area contributed by atoms with E-state index in [-0.39, 0.29) is 0 Å². The molecule has 0 fully saturated rings. The summed E-state index contributed by atoms with van der Waals surface area (Å²) in [6, 6.07) is 12.6. The average Bonchev–Trinajstić information content (AvgIpc) is 2.60. The highest BCUT2D eigenvalue weighted by Crippen LogP contribution is 2.31. The Balaban J connectivity index is 1.77. The molecule has 0 saturated carbocycles. The molecule has 0 amide bonds. The molecule has 22 heavy (non-hydrogen) atoms. The Morgan fingerprint density at radius 1 is 0.955 bits per heavy atom. The van der Waals surface area contributed by atoms with Gasteiger partial charge < -0.3 is 15.4 Å². The molecular formula is C19H24N2O. The molecule has 116 valence electrons. The van der Waals surface area contributed by atoms with Crippen molar-refractivity contribution in [3.8, 4) is 5.75 Å². The summed E-state index contributed by atoms with van der Waals surface area (Å²) < 4.78 is 5.20. The van der Waals surface area contributed by atoms with Crippen molar-refractivity contribution in [2.24, 2.45) is 0 Å². The molecule has 3 rings (SSSR count). The smallest absolute Gasteiger partial charge is 0.119 e. The lowest BCUT2D eigenvalue weighted by Crippen LogP contribution is -2.12. The predicted octanol–water partition coefficient (Wildman–Crippen LogP) is 4.23. The highest BCUT2D eigenvalue weighted by atomic mass is 16.5. The van der Waals surface area contributed by atoms with Gasteiger partial charge in [-0.2, -0.15) is 0 Å². The van der Waals surface area contributed by atoms with Gasteiger partial charge in [-0.3, -0.25) is 0 Å². The van der Waals surface area contributed by atoms with E-state index in [1.54, 1.807) is 12.7 Å². The number of nitrogens with one attached hydrogen (secondary N) is 2. The summed E-state index contributed by atoms with van der Waals surface area (Å²) >= 11 is 0. The van der Waals surface area contributed by atoms with Crippen molar-refractivity contribution in [1.29, 1.82) is 0 Å². The fourth-order valence-corrected chi connectivity index (χ4v) is 3.25. The van der Waals surface area contributed by atoms with E-state index < -0.39 is 0 Å². The first-order chi connectivity index (χ1) is 10.8. The summed E-state index contributed by atoms with van der Waals surface area (Å²) in [7, 11) is 3.71. The van der Waals surface area contributed by atoms with Gasteiger partial charge in [0.1, 0.15) is 5.75 Å². The Labute approximate surface area is 132 Å². The van der Waals surface area contributed by atoms with Gasteiger partial charge in [0.25, 0.3) is 0 Å². The van der Waals surface area contributed by atoms with Crippen molar-refractivity contribution in [3.05, 3.63) is 53.1 Å². The Morgan fingerprint density at radius 3 is 2.36 bits per heavy atom. The van der Waals surface area contributed by atoms with Gasteiger partial charge in [-0.1, -0.05) is 6.07 Å². The van der Waals surface area contributed by atoms with Crippen molar-refractivity contribution in [2.45, 2.75) is 32.2 Å². The fraction of sp³-hybridized carbons (Fsp3) is 0.368. The molecule has 0 unspecified atom stereocenters. The van der Waals surface area contributed by atoms with Crippen LogP contribution in [0, 0.1) is 0 Å². The van der Waals surface area contributed by atoms with Crippen molar-refractivity contribution >= 4 is 11.4 Å². The summed E-state index contributed by atoms with van der Waals surface area (Å²) in [5, 5.41) is 6.86. The highest BCUT2D eigenvalue weighted by molar-refractivity contribution is 5.58. The van der Waals surface area contributed by atoms with Crippen LogP contribution in [-0.4, -0.2) is 14.2 Å². The van der Waals surface area contributed by atoms with E-state index in [1.165, 1.54) is 42.5 Å². The van der Waals surface area contributed by atoms with Crippen LogP contribution in [0.25, 0.3) is 0 Å². The van der Waals surface area contributed by atoms with Crippen LogP contribution in [0.1, 0.15) is 29.5 Å². The van der Waals surface area contributed by atoms with E-state index in [0.717, 1.165) is 18.0 Å². The maximum atomic E-state index is 5.20. The number of ether oxygens (including phenoxy) is 1. The van der Waals surface area contributed by atoms with Crippen molar-refractivity contribution in [1.82, 2.24) is 0 Å². The minimum Gasteiger partial charge on any atom is -0.497 e. The quantitative estimate of drug-likeness (QED) is 0.866. The number of hydrogen-bond acceptors (Lipinski definition) is 3. The molecule has 1 aliphatic carbocycles. The molecule has 0 radical (unpaired) electrons. The summed E-state index contributed by atoms with van der Waals surface area (Å²) in [5.74, 6) is 0.890. The zero-order chi connectivity index (χ0) is 15.4. The van der Waals surface area contributed by atoms with Gasteiger partial charge in [0.2, 0.25) is 0 Å². The standard InChI is InChI=1S/C19H24N2O/c1-20-19-12-7-14(17-5-3-4-6-18(17)19)13-21-15-8-10-16(22-2)11-9-15/h7-12,20-21H,3-6,13H2,1-2H3. The normalized spacial score (nSPS) is 13.4. The maximum absolute atomic E-state index is 5.20. The molecule has 1 aliphatic rings. The van der Waals surface area contributed by atoms with E-state index in [2.05, 4.69) is 34.9 Å². The maximum Gasteiger partial charge on any atom is 0.119 e. The second-order valence-corrected chi connectivity index (χ2v) is 5.77. The molecule has 2 aromatic rings. The first-order valence-electron chi connectivity index (χ1n) is 8.01. The summed E-state index contributed by atoms with van der Waals surface area (Å²) in [6.07, 6.45) is 5.00. The SMILES string of the molecule is CNc1ccc(CNc2ccc(OC)cc2)c2c1CCCC2. The molecule has 2 N–H and O–H groups in total. The van der Waals surface area contributed by atoms with E-state index in [4.69, 9.17) is 4.74 Å². The van der Waals surface area contributed by atoms with Crippen LogP contribution in [0.2, 0.25) is 0 Å². The Morgan fingerprint density at radius 2 is 1.68 bits per heavy atom. The minimum absolute atomic E-state index is 0.874. The summed E-state index contributed by atoms with van der Waals surface area (Å²) in [5.41, 5.74) is 6.90. The number of methoxy groups -OCH3 is 1. The van der Waals surface area contributed by atoms with E-state index in [9.17, 15) is 0 Å². The van der Waals surface area contributed by atoms with E-state index in [0.29, 0.717) is 0 Å². The molecule has 0 aliphatic heterocycles. The average molecular weight is 296 g/mol. The van der Waals surface area contributed by atoms with Crippen LogP contribution >= 0.6 is 0 Å². The third-order valence-electron chi connectivity index (χ3n) is 4.47. The Bertz CT molecular complexity index is 635. The van der Waals surface area contributed by atoms with Crippen LogP contribution in [-0.2, 0) is 19.4 Å². The van der Waals surface area contributed by atoms with Crippen LogP contribution in [0.15, 0.2) is 36.4 Å². The molecule has 3 heteroatoms. The Hall–Kier alpha value is -2.16. The zero-order valence-corrected chi connectivity index (χ0v) is 13.4. The minimum atomic E-state index is 0.874. The van der Waals surface area contributed by atoms with E-state index in [1.807, 2.05) is 19.2 Å². The first kappa shape index (κ1) is 14.8. The van der Waals surface area contributed by atoms with Crippen LogP contribution < -0.4 is 15.4 Å². The number of fused-ring (bicyclic) bond motifs is 1.